The summed E-state index contributed by atoms with van der Waals surface area (Å²) < 4.78 is 0. The third-order valence-corrected chi connectivity index (χ3v) is 9.09. The summed E-state index contributed by atoms with van der Waals surface area (Å²) in [6.45, 7) is 0. The van der Waals surface area contributed by atoms with E-state index in [0.29, 0.717) is 19.3 Å². The van der Waals surface area contributed by atoms with Gasteiger partial charge in [0.15, 0.2) is 0 Å². The molecule has 2 atom stereocenters. The summed E-state index contributed by atoms with van der Waals surface area (Å²) in [5.74, 6) is -3.44. The fourth-order valence-corrected chi connectivity index (χ4v) is 5.73. The van der Waals surface area contributed by atoms with Gasteiger partial charge >= 0.3 is 0 Å². The molecule has 0 spiro atoms. The Bertz CT molecular complexity index is 1240. The fourth-order valence-electron chi connectivity index (χ4n) is 5.73. The highest BCUT2D eigenvalue weighted by atomic mass is 16.2. The molecule has 0 aromatic heterocycles. The molecule has 2 aliphatic carbocycles. The van der Waals surface area contributed by atoms with E-state index >= 15 is 0 Å². The van der Waals surface area contributed by atoms with E-state index in [1.807, 2.05) is 0 Å². The standard InChI is InChI=1S/C36H48O11/c37-24-2-1-3-25(38)5-7-31(44)18-22-35(46)33-20-21-34(33)36(47)23-19-32(45)17-16-30(43)15-14-29(42)13-12-28(41)11-10-27(40)9-8-26(39)6-4-24/h33-34H,1-23H2. The molecule has 0 heterocycles. The van der Waals surface area contributed by atoms with E-state index in [1.54, 1.807) is 0 Å². The van der Waals surface area contributed by atoms with Crippen molar-refractivity contribution in [3.8, 4) is 0 Å². The maximum Gasteiger partial charge on any atom is 0.137 e. The van der Waals surface area contributed by atoms with Crippen molar-refractivity contribution >= 4 is 63.6 Å². The maximum absolute atomic E-state index is 12.7. The minimum absolute atomic E-state index is 0.00457. The number of fused-ring (bicyclic) bond motifs is 1. The minimum Gasteiger partial charge on any atom is -0.300 e. The van der Waals surface area contributed by atoms with Crippen molar-refractivity contribution in [2.45, 2.75) is 148 Å². The van der Waals surface area contributed by atoms with Crippen molar-refractivity contribution in [1.82, 2.24) is 0 Å². The molecule has 47 heavy (non-hydrogen) atoms. The van der Waals surface area contributed by atoms with Crippen LogP contribution in [0.2, 0.25) is 0 Å². The molecule has 11 nitrogen and oxygen atoms in total. The van der Waals surface area contributed by atoms with Crippen molar-refractivity contribution in [3.63, 3.8) is 0 Å². The molecule has 0 saturated heterocycles. The second-order valence-corrected chi connectivity index (χ2v) is 12.9. The fraction of sp³-hybridized carbons (Fsp3) is 0.694. The Balaban J connectivity index is 1.87. The summed E-state index contributed by atoms with van der Waals surface area (Å²) in [7, 11) is 0. The van der Waals surface area contributed by atoms with Crippen LogP contribution in [-0.2, 0) is 52.7 Å². The van der Waals surface area contributed by atoms with Gasteiger partial charge in [-0.15, -0.1) is 0 Å². The van der Waals surface area contributed by atoms with Crippen LogP contribution in [0.15, 0.2) is 0 Å². The zero-order valence-electron chi connectivity index (χ0n) is 27.4. The van der Waals surface area contributed by atoms with Crippen LogP contribution in [0.5, 0.6) is 0 Å². The molecular weight excluding hydrogens is 608 g/mol. The predicted octanol–water partition coefficient (Wildman–Crippen LogP) is 4.48. The first-order valence-electron chi connectivity index (χ1n) is 17.0. The zero-order valence-corrected chi connectivity index (χ0v) is 27.4. The summed E-state index contributed by atoms with van der Waals surface area (Å²) in [4.78, 5) is 135. The maximum atomic E-state index is 12.7. The quantitative estimate of drug-likeness (QED) is 0.358. The van der Waals surface area contributed by atoms with Gasteiger partial charge in [-0.25, -0.2) is 0 Å². The molecule has 0 radical (unpaired) electrons. The first-order valence-corrected chi connectivity index (χ1v) is 17.0. The van der Waals surface area contributed by atoms with Crippen LogP contribution in [0.1, 0.15) is 148 Å². The molecule has 11 heteroatoms. The summed E-state index contributed by atoms with van der Waals surface area (Å²) in [5, 5.41) is 0. The van der Waals surface area contributed by atoms with Crippen LogP contribution in [0.3, 0.4) is 0 Å². The highest BCUT2D eigenvalue weighted by molar-refractivity contribution is 5.96. The van der Waals surface area contributed by atoms with E-state index in [1.165, 1.54) is 0 Å². The second kappa shape index (κ2) is 21.3. The van der Waals surface area contributed by atoms with Crippen LogP contribution < -0.4 is 0 Å². The van der Waals surface area contributed by atoms with Crippen LogP contribution in [0.4, 0.5) is 0 Å². The molecule has 258 valence electrons. The number of rotatable bonds is 0. The summed E-state index contributed by atoms with van der Waals surface area (Å²) in [5.41, 5.74) is 0. The molecule has 2 rings (SSSR count). The van der Waals surface area contributed by atoms with Gasteiger partial charge < -0.3 is 0 Å². The van der Waals surface area contributed by atoms with E-state index in [4.69, 9.17) is 0 Å². The van der Waals surface area contributed by atoms with E-state index in [9.17, 15) is 52.7 Å². The zero-order chi connectivity index (χ0) is 34.8. The lowest BCUT2D eigenvalue weighted by Gasteiger charge is -2.34. The van der Waals surface area contributed by atoms with Crippen molar-refractivity contribution < 1.29 is 52.7 Å². The van der Waals surface area contributed by atoms with Crippen molar-refractivity contribution in [1.29, 1.82) is 0 Å². The molecule has 2 saturated carbocycles. The molecule has 2 aliphatic rings. The minimum atomic E-state index is -0.476. The number of carbonyl (C=O) groups is 11. The van der Waals surface area contributed by atoms with Gasteiger partial charge in [-0.05, 0) is 19.3 Å². The number of ketones is 11. The summed E-state index contributed by atoms with van der Waals surface area (Å²) in [6.07, 6.45) is 1.09. The SMILES string of the molecule is O=C1CCCC(=O)CCC(=O)CCC(=O)C2CCC2C(=O)CCC(=O)CCC(=O)CCC(=O)CCC(=O)CCC(=O)CCC(=O)CC1. The van der Waals surface area contributed by atoms with Gasteiger partial charge in [-0.3, -0.25) is 52.7 Å². The van der Waals surface area contributed by atoms with Crippen LogP contribution in [-0.4, -0.2) is 63.6 Å². The molecule has 0 amide bonds. The molecular formula is C36H48O11. The Morgan fingerprint density at radius 2 is 0.404 bits per heavy atom. The highest BCUT2D eigenvalue weighted by Crippen LogP contribution is 2.37. The number of Topliss-reactive ketones (excluding diaryl/α,β-unsaturated/α-hetero) is 11. The first kappa shape index (κ1) is 39.5. The molecule has 0 aromatic rings. The Morgan fingerprint density at radius 1 is 0.234 bits per heavy atom. The first-order chi connectivity index (χ1) is 22.3. The average molecular weight is 657 g/mol. The molecule has 0 N–H and O–H groups in total. The van der Waals surface area contributed by atoms with Gasteiger partial charge in [0, 0.05) is 140 Å². The van der Waals surface area contributed by atoms with Crippen LogP contribution in [0.25, 0.3) is 0 Å². The topological polar surface area (TPSA) is 188 Å². The number of carbonyl (C=O) groups excluding carboxylic acids is 11. The monoisotopic (exact) mass is 656 g/mol. The van der Waals surface area contributed by atoms with Crippen molar-refractivity contribution in [2.24, 2.45) is 11.8 Å². The predicted molar refractivity (Wildman–Crippen MR) is 168 cm³/mol. The molecule has 0 bridgehead atoms. The average Bonchev–Trinajstić information content (AvgIpc) is 3.02. The van der Waals surface area contributed by atoms with E-state index in [-0.39, 0.29) is 192 Å². The van der Waals surface area contributed by atoms with E-state index in [0.717, 1.165) is 0 Å². The summed E-state index contributed by atoms with van der Waals surface area (Å²) in [6, 6.07) is 0. The van der Waals surface area contributed by atoms with Gasteiger partial charge in [-0.1, -0.05) is 0 Å². The third kappa shape index (κ3) is 16.7. The van der Waals surface area contributed by atoms with Gasteiger partial charge in [0.25, 0.3) is 0 Å². The highest BCUT2D eigenvalue weighted by Gasteiger charge is 2.40. The van der Waals surface area contributed by atoms with Crippen LogP contribution >= 0.6 is 0 Å². The molecule has 0 aromatic carbocycles. The van der Waals surface area contributed by atoms with Crippen molar-refractivity contribution in [3.05, 3.63) is 0 Å². The Labute approximate surface area is 275 Å². The summed E-state index contributed by atoms with van der Waals surface area (Å²) >= 11 is 0. The largest absolute Gasteiger partial charge is 0.300 e. The van der Waals surface area contributed by atoms with E-state index in [2.05, 4.69) is 0 Å². The van der Waals surface area contributed by atoms with Crippen LogP contribution in [0, 0.1) is 11.8 Å². The molecule has 2 fully saturated rings. The Kier molecular flexibility index (Phi) is 17.9. The van der Waals surface area contributed by atoms with E-state index < -0.39 is 11.8 Å². The molecule has 0 aliphatic heterocycles. The number of hydrogen-bond acceptors (Lipinski definition) is 11. The van der Waals surface area contributed by atoms with Crippen molar-refractivity contribution in [2.75, 3.05) is 0 Å². The number of hydrogen-bond donors (Lipinski definition) is 0. The van der Waals surface area contributed by atoms with Gasteiger partial charge in [-0.2, -0.15) is 0 Å². The Morgan fingerprint density at radius 3 is 0.596 bits per heavy atom. The lowest BCUT2D eigenvalue weighted by Crippen LogP contribution is -2.38. The third-order valence-electron chi connectivity index (χ3n) is 9.09. The van der Waals surface area contributed by atoms with Gasteiger partial charge in [0.05, 0.1) is 0 Å². The smallest absolute Gasteiger partial charge is 0.137 e. The van der Waals surface area contributed by atoms with Gasteiger partial charge in [0.1, 0.15) is 63.6 Å². The normalized spacial score (nSPS) is 25.2. The second-order valence-electron chi connectivity index (χ2n) is 12.9. The van der Waals surface area contributed by atoms with Gasteiger partial charge in [0.2, 0.25) is 0 Å². The lowest BCUT2D eigenvalue weighted by molar-refractivity contribution is -0.139. The molecule has 2 unspecified atom stereocenters. The lowest BCUT2D eigenvalue weighted by atomic mass is 9.67. The Hall–Kier alpha value is -3.63.